The van der Waals surface area contributed by atoms with Crippen molar-refractivity contribution in [1.82, 2.24) is 9.97 Å². The second-order valence-corrected chi connectivity index (χ2v) is 5.12. The molecule has 0 saturated heterocycles. The van der Waals surface area contributed by atoms with Crippen molar-refractivity contribution in [3.8, 4) is 11.3 Å². The van der Waals surface area contributed by atoms with Gasteiger partial charge in [0.15, 0.2) is 5.82 Å². The van der Waals surface area contributed by atoms with Gasteiger partial charge in [-0.15, -0.1) is 0 Å². The van der Waals surface area contributed by atoms with Crippen molar-refractivity contribution >= 4 is 11.7 Å². The third kappa shape index (κ3) is 3.72. The summed E-state index contributed by atoms with van der Waals surface area (Å²) in [6.07, 6.45) is 2.24. The van der Waals surface area contributed by atoms with Crippen LogP contribution in [-0.4, -0.2) is 15.9 Å². The summed E-state index contributed by atoms with van der Waals surface area (Å²) in [5.41, 5.74) is 3.53. The first-order valence-electron chi connectivity index (χ1n) is 7.28. The molecule has 0 fully saturated rings. The van der Waals surface area contributed by atoms with Gasteiger partial charge in [-0.25, -0.2) is 9.97 Å². The minimum absolute atomic E-state index is 0.166. The molecule has 1 heterocycles. The fraction of sp³-hybridized carbons (Fsp3) is 0.105. The number of carbonyl (C=O) groups is 1. The number of amides is 1. The normalized spacial score (nSPS) is 9.96. The van der Waals surface area contributed by atoms with Gasteiger partial charge in [0, 0.05) is 18.9 Å². The zero-order valence-electron chi connectivity index (χ0n) is 12.7. The number of hydrogen-bond acceptors (Lipinski definition) is 3. The zero-order valence-corrected chi connectivity index (χ0v) is 12.7. The molecule has 2 aromatic carbocycles. The second kappa shape index (κ2) is 6.71. The maximum Gasteiger partial charge on any atom is 0.222 e. The van der Waals surface area contributed by atoms with E-state index in [4.69, 9.17) is 0 Å². The molecule has 0 unspecified atom stereocenters. The summed E-state index contributed by atoms with van der Waals surface area (Å²) in [7, 11) is 0. The van der Waals surface area contributed by atoms with Crippen molar-refractivity contribution in [3.63, 3.8) is 0 Å². The fourth-order valence-electron chi connectivity index (χ4n) is 2.25. The van der Waals surface area contributed by atoms with Crippen LogP contribution in [0.2, 0.25) is 0 Å². The van der Waals surface area contributed by atoms with E-state index in [9.17, 15) is 4.79 Å². The summed E-state index contributed by atoms with van der Waals surface area (Å²) < 4.78 is 0. The van der Waals surface area contributed by atoms with Gasteiger partial charge in [-0.05, 0) is 23.8 Å². The number of nitrogens with one attached hydrogen (secondary N) is 1. The monoisotopic (exact) mass is 301 g/mol. The van der Waals surface area contributed by atoms with Crippen LogP contribution in [0.4, 0.5) is 5.82 Å². The van der Waals surface area contributed by atoms with Gasteiger partial charge in [-0.3, -0.25) is 4.79 Å². The Labute approximate surface area is 135 Å². The Balaban J connectivity index is 2.00. The number of hydrogen-bond donors (Lipinski definition) is 1. The minimum Gasteiger partial charge on any atom is -0.309 e. The molecular weight excluding hydrogens is 286 g/mol. The van der Waals surface area contributed by atoms with Gasteiger partial charge >= 0.3 is 0 Å². The Morgan fingerprint density at radius 3 is 2.70 bits per heavy atom. The molecule has 3 aromatic rings. The van der Waals surface area contributed by atoms with E-state index in [1.165, 1.54) is 6.92 Å². The summed E-state index contributed by atoms with van der Waals surface area (Å²) in [6, 6.07) is 21.3. The van der Waals surface area contributed by atoms with E-state index >= 15 is 0 Å². The van der Waals surface area contributed by atoms with Gasteiger partial charge in [-0.2, -0.15) is 0 Å². The lowest BCUT2D eigenvalue weighted by Gasteiger charge is -2.10. The molecule has 0 saturated carbocycles. The maximum atomic E-state index is 11.4. The molecule has 1 aromatic heterocycles. The standard InChI is InChI=1S/C19H15N3O/c1-14(23)21-19-17(12-15-8-4-2-5-9-15)22-18(13-20-19)16-10-6-3-7-11-16/h3-4,6-11,13H,12H2,1H3,(H,20,21,23). The smallest absolute Gasteiger partial charge is 0.222 e. The van der Waals surface area contributed by atoms with Crippen LogP contribution in [0.15, 0.2) is 54.7 Å². The van der Waals surface area contributed by atoms with Gasteiger partial charge in [0.2, 0.25) is 5.91 Å². The molecular formula is C19H15N3O. The Hall–Kier alpha value is -3.19. The van der Waals surface area contributed by atoms with Gasteiger partial charge in [-0.1, -0.05) is 42.5 Å². The van der Waals surface area contributed by atoms with E-state index in [1.807, 2.05) is 48.5 Å². The summed E-state index contributed by atoms with van der Waals surface area (Å²) in [6.45, 7) is 1.46. The number of aromatic nitrogens is 2. The highest BCUT2D eigenvalue weighted by molar-refractivity contribution is 5.88. The molecule has 0 aliphatic heterocycles. The van der Waals surface area contributed by atoms with Crippen LogP contribution < -0.4 is 5.32 Å². The molecule has 0 atom stereocenters. The van der Waals surface area contributed by atoms with Crippen molar-refractivity contribution in [3.05, 3.63) is 78.1 Å². The van der Waals surface area contributed by atoms with E-state index in [1.54, 1.807) is 6.20 Å². The predicted molar refractivity (Wildman–Crippen MR) is 88.7 cm³/mol. The molecule has 3 rings (SSSR count). The van der Waals surface area contributed by atoms with Crippen LogP contribution >= 0.6 is 0 Å². The lowest BCUT2D eigenvalue weighted by molar-refractivity contribution is -0.114. The molecule has 0 aliphatic carbocycles. The Kier molecular flexibility index (Phi) is 4.30. The summed E-state index contributed by atoms with van der Waals surface area (Å²) in [4.78, 5) is 20.5. The van der Waals surface area contributed by atoms with E-state index in [2.05, 4.69) is 27.4 Å². The summed E-state index contributed by atoms with van der Waals surface area (Å²) in [5.74, 6) is 0.325. The Morgan fingerprint density at radius 1 is 1.17 bits per heavy atom. The van der Waals surface area contributed by atoms with Crippen molar-refractivity contribution in [1.29, 1.82) is 0 Å². The van der Waals surface area contributed by atoms with E-state index in [-0.39, 0.29) is 5.91 Å². The number of nitrogens with zero attached hydrogens (tertiary/aromatic N) is 2. The van der Waals surface area contributed by atoms with Crippen LogP contribution in [0.3, 0.4) is 0 Å². The lowest BCUT2D eigenvalue weighted by Crippen LogP contribution is -2.12. The third-order valence-corrected chi connectivity index (χ3v) is 3.30. The maximum absolute atomic E-state index is 11.4. The zero-order chi connectivity index (χ0) is 16.1. The van der Waals surface area contributed by atoms with Gasteiger partial charge < -0.3 is 5.32 Å². The molecule has 4 heteroatoms. The molecule has 23 heavy (non-hydrogen) atoms. The van der Waals surface area contributed by atoms with Crippen LogP contribution in [0.5, 0.6) is 0 Å². The molecule has 4 nitrogen and oxygen atoms in total. The molecule has 0 spiro atoms. The number of carbonyl (C=O) groups excluding carboxylic acids is 1. The minimum atomic E-state index is -0.166. The topological polar surface area (TPSA) is 54.9 Å². The first kappa shape index (κ1) is 14.7. The van der Waals surface area contributed by atoms with Crippen molar-refractivity contribution in [2.24, 2.45) is 0 Å². The highest BCUT2D eigenvalue weighted by Gasteiger charge is 2.11. The van der Waals surface area contributed by atoms with Crippen molar-refractivity contribution in [2.45, 2.75) is 13.3 Å². The van der Waals surface area contributed by atoms with E-state index < -0.39 is 0 Å². The third-order valence-electron chi connectivity index (χ3n) is 3.30. The predicted octanol–water partition coefficient (Wildman–Crippen LogP) is 3.29. The fourth-order valence-corrected chi connectivity index (χ4v) is 2.25. The highest BCUT2D eigenvalue weighted by atomic mass is 16.1. The van der Waals surface area contributed by atoms with E-state index in [0.29, 0.717) is 12.2 Å². The van der Waals surface area contributed by atoms with Gasteiger partial charge in [0.25, 0.3) is 0 Å². The van der Waals surface area contributed by atoms with Gasteiger partial charge in [0.1, 0.15) is 0 Å². The van der Waals surface area contributed by atoms with E-state index in [0.717, 1.165) is 22.5 Å². The lowest BCUT2D eigenvalue weighted by atomic mass is 10.1. The molecule has 112 valence electrons. The Bertz CT molecular complexity index is 801. The molecule has 1 amide bonds. The average Bonchev–Trinajstić information content (AvgIpc) is 2.58. The van der Waals surface area contributed by atoms with Crippen LogP contribution in [0.1, 0.15) is 18.2 Å². The number of anilines is 1. The first-order valence-corrected chi connectivity index (χ1v) is 7.28. The Morgan fingerprint density at radius 2 is 2.00 bits per heavy atom. The average molecular weight is 301 g/mol. The quantitative estimate of drug-likeness (QED) is 0.804. The summed E-state index contributed by atoms with van der Waals surface area (Å²) >= 11 is 0. The second-order valence-electron chi connectivity index (χ2n) is 5.12. The summed E-state index contributed by atoms with van der Waals surface area (Å²) in [5, 5.41) is 2.74. The first-order chi connectivity index (χ1) is 11.2. The SMILES string of the molecule is CC(=O)Nc1ncc(-c2ccccc2)nc1Cc1cc#ccc1. The largest absolute Gasteiger partial charge is 0.309 e. The van der Waals surface area contributed by atoms with Gasteiger partial charge in [0.05, 0.1) is 17.6 Å². The highest BCUT2D eigenvalue weighted by Crippen LogP contribution is 2.21. The number of benzene rings is 1. The van der Waals surface area contributed by atoms with Crippen molar-refractivity contribution in [2.75, 3.05) is 5.32 Å². The molecule has 0 radical (unpaired) electrons. The van der Waals surface area contributed by atoms with Crippen LogP contribution in [-0.2, 0) is 11.2 Å². The van der Waals surface area contributed by atoms with Crippen LogP contribution in [0.25, 0.3) is 11.3 Å². The van der Waals surface area contributed by atoms with Crippen LogP contribution in [0, 0.1) is 12.1 Å². The molecule has 0 aliphatic rings. The number of rotatable bonds is 4. The molecule has 0 bridgehead atoms. The van der Waals surface area contributed by atoms with Crippen molar-refractivity contribution < 1.29 is 4.79 Å². The molecule has 1 N–H and O–H groups in total.